The maximum atomic E-state index is 5.22. The molecular formula is C17H19N5S. The quantitative estimate of drug-likeness (QED) is 0.586. The van der Waals surface area contributed by atoms with Gasteiger partial charge in [0.1, 0.15) is 0 Å². The SMILES string of the molecule is CCc1n[nH]c(=S)n1/N=C\c1cc(C)n(-c2ccccc2)c1C. The predicted octanol–water partition coefficient (Wildman–Crippen LogP) is 3.79. The Morgan fingerprint density at radius 3 is 2.70 bits per heavy atom. The zero-order chi connectivity index (χ0) is 16.4. The number of aryl methyl sites for hydroxylation is 2. The fraction of sp³-hybridized carbons (Fsp3) is 0.235. The van der Waals surface area contributed by atoms with Gasteiger partial charge in [-0.25, -0.2) is 0 Å². The highest BCUT2D eigenvalue weighted by atomic mass is 32.1. The monoisotopic (exact) mass is 325 g/mol. The van der Waals surface area contributed by atoms with E-state index in [9.17, 15) is 0 Å². The molecule has 0 atom stereocenters. The van der Waals surface area contributed by atoms with E-state index in [1.54, 1.807) is 4.68 Å². The van der Waals surface area contributed by atoms with Gasteiger partial charge in [-0.3, -0.25) is 5.10 Å². The summed E-state index contributed by atoms with van der Waals surface area (Å²) in [6.07, 6.45) is 2.61. The second-order valence-corrected chi connectivity index (χ2v) is 5.74. The zero-order valence-corrected chi connectivity index (χ0v) is 14.3. The Kier molecular flexibility index (Phi) is 4.25. The first kappa shape index (κ1) is 15.4. The molecule has 1 aromatic carbocycles. The molecule has 0 aliphatic carbocycles. The highest BCUT2D eigenvalue weighted by Gasteiger charge is 2.09. The Bertz CT molecular complexity index is 899. The van der Waals surface area contributed by atoms with Gasteiger partial charge in [0, 0.05) is 29.1 Å². The van der Waals surface area contributed by atoms with Crippen molar-refractivity contribution in [3.05, 3.63) is 63.9 Å². The van der Waals surface area contributed by atoms with E-state index in [2.05, 4.69) is 51.9 Å². The maximum Gasteiger partial charge on any atom is 0.216 e. The van der Waals surface area contributed by atoms with Crippen molar-refractivity contribution in [2.24, 2.45) is 5.10 Å². The van der Waals surface area contributed by atoms with Crippen LogP contribution in [0.4, 0.5) is 0 Å². The molecule has 0 fully saturated rings. The zero-order valence-electron chi connectivity index (χ0n) is 13.4. The van der Waals surface area contributed by atoms with Gasteiger partial charge in [0.25, 0.3) is 0 Å². The third kappa shape index (κ3) is 2.90. The second-order valence-electron chi connectivity index (χ2n) is 5.35. The smallest absolute Gasteiger partial charge is 0.216 e. The summed E-state index contributed by atoms with van der Waals surface area (Å²) in [6.45, 7) is 6.22. The van der Waals surface area contributed by atoms with Crippen molar-refractivity contribution in [2.45, 2.75) is 27.2 Å². The van der Waals surface area contributed by atoms with Crippen LogP contribution in [0.15, 0.2) is 41.5 Å². The summed E-state index contributed by atoms with van der Waals surface area (Å²) in [5, 5.41) is 11.4. The molecule has 2 heterocycles. The summed E-state index contributed by atoms with van der Waals surface area (Å²) in [7, 11) is 0. The number of nitrogens with zero attached hydrogens (tertiary/aromatic N) is 4. The maximum absolute atomic E-state index is 5.22. The second kappa shape index (κ2) is 6.34. The van der Waals surface area contributed by atoms with Crippen LogP contribution in [0, 0.1) is 18.6 Å². The van der Waals surface area contributed by atoms with E-state index in [0.717, 1.165) is 29.2 Å². The first-order chi connectivity index (χ1) is 11.1. The van der Waals surface area contributed by atoms with E-state index in [-0.39, 0.29) is 0 Å². The van der Waals surface area contributed by atoms with Crippen LogP contribution in [0.2, 0.25) is 0 Å². The molecule has 0 saturated heterocycles. The molecule has 6 heteroatoms. The van der Waals surface area contributed by atoms with Gasteiger partial charge >= 0.3 is 0 Å². The minimum atomic E-state index is 0.509. The van der Waals surface area contributed by atoms with E-state index in [1.165, 1.54) is 5.69 Å². The molecule has 0 aliphatic rings. The molecule has 0 aliphatic heterocycles. The molecule has 118 valence electrons. The van der Waals surface area contributed by atoms with E-state index >= 15 is 0 Å². The Morgan fingerprint density at radius 1 is 1.26 bits per heavy atom. The molecule has 2 aromatic heterocycles. The summed E-state index contributed by atoms with van der Waals surface area (Å²) in [6, 6.07) is 12.4. The number of benzene rings is 1. The summed E-state index contributed by atoms with van der Waals surface area (Å²) >= 11 is 5.22. The fourth-order valence-electron chi connectivity index (χ4n) is 2.68. The van der Waals surface area contributed by atoms with E-state index < -0.39 is 0 Å². The number of hydrogen-bond donors (Lipinski definition) is 1. The normalized spacial score (nSPS) is 11.4. The average molecular weight is 325 g/mol. The number of nitrogens with one attached hydrogen (secondary N) is 1. The van der Waals surface area contributed by atoms with Crippen LogP contribution >= 0.6 is 12.2 Å². The summed E-state index contributed by atoms with van der Waals surface area (Å²) in [5.41, 5.74) is 4.53. The largest absolute Gasteiger partial charge is 0.318 e. The van der Waals surface area contributed by atoms with Gasteiger partial charge in [0.05, 0.1) is 6.21 Å². The minimum absolute atomic E-state index is 0.509. The molecule has 23 heavy (non-hydrogen) atoms. The molecule has 3 aromatic rings. The van der Waals surface area contributed by atoms with Gasteiger partial charge in [-0.1, -0.05) is 25.1 Å². The van der Waals surface area contributed by atoms with E-state index in [0.29, 0.717) is 4.77 Å². The van der Waals surface area contributed by atoms with Crippen molar-refractivity contribution in [3.8, 4) is 5.69 Å². The molecule has 0 amide bonds. The van der Waals surface area contributed by atoms with Crippen molar-refractivity contribution in [1.82, 2.24) is 19.4 Å². The van der Waals surface area contributed by atoms with Gasteiger partial charge in [-0.05, 0) is 44.3 Å². The Hall–Kier alpha value is -2.47. The number of para-hydroxylation sites is 1. The molecule has 0 bridgehead atoms. The number of aromatic amines is 1. The van der Waals surface area contributed by atoms with Crippen LogP contribution in [0.5, 0.6) is 0 Å². The highest BCUT2D eigenvalue weighted by Crippen LogP contribution is 2.19. The lowest BCUT2D eigenvalue weighted by Crippen LogP contribution is -2.00. The first-order valence-electron chi connectivity index (χ1n) is 7.56. The van der Waals surface area contributed by atoms with Gasteiger partial charge in [-0.15, -0.1) is 0 Å². The topological polar surface area (TPSA) is 50.9 Å². The standard InChI is InChI=1S/C17H19N5S/c1-4-16-19-20-17(23)22(16)18-11-14-10-12(2)21(13(14)3)15-8-6-5-7-9-15/h5-11H,4H2,1-3H3,(H,20,23)/b18-11-. The summed E-state index contributed by atoms with van der Waals surface area (Å²) in [5.74, 6) is 0.822. The molecule has 1 N–H and O–H groups in total. The summed E-state index contributed by atoms with van der Waals surface area (Å²) < 4.78 is 4.40. The number of hydrogen-bond acceptors (Lipinski definition) is 3. The van der Waals surface area contributed by atoms with Crippen LogP contribution < -0.4 is 0 Å². The van der Waals surface area contributed by atoms with Crippen LogP contribution in [-0.2, 0) is 6.42 Å². The van der Waals surface area contributed by atoms with Gasteiger partial charge in [0.15, 0.2) is 5.82 Å². The Morgan fingerprint density at radius 2 is 2.00 bits per heavy atom. The van der Waals surface area contributed by atoms with E-state index in [4.69, 9.17) is 12.2 Å². The third-order valence-corrected chi connectivity index (χ3v) is 4.09. The number of rotatable bonds is 4. The number of aromatic nitrogens is 4. The van der Waals surface area contributed by atoms with Crippen LogP contribution in [0.3, 0.4) is 0 Å². The van der Waals surface area contributed by atoms with Crippen LogP contribution in [0.1, 0.15) is 29.7 Å². The fourth-order valence-corrected chi connectivity index (χ4v) is 2.88. The van der Waals surface area contributed by atoms with E-state index in [1.807, 2.05) is 31.3 Å². The van der Waals surface area contributed by atoms with Gasteiger partial charge < -0.3 is 4.57 Å². The lowest BCUT2D eigenvalue weighted by molar-refractivity contribution is 0.780. The van der Waals surface area contributed by atoms with Crippen LogP contribution in [-0.4, -0.2) is 25.7 Å². The van der Waals surface area contributed by atoms with Crippen molar-refractivity contribution in [1.29, 1.82) is 0 Å². The van der Waals surface area contributed by atoms with Crippen LogP contribution in [0.25, 0.3) is 5.69 Å². The predicted molar refractivity (Wildman–Crippen MR) is 95.0 cm³/mol. The molecule has 0 spiro atoms. The molecule has 3 rings (SSSR count). The molecule has 0 saturated carbocycles. The third-order valence-electron chi connectivity index (χ3n) is 3.83. The molecule has 5 nitrogen and oxygen atoms in total. The average Bonchev–Trinajstić information content (AvgIpc) is 3.05. The molecule has 0 radical (unpaired) electrons. The van der Waals surface area contributed by atoms with Gasteiger partial charge in [0.2, 0.25) is 4.77 Å². The molecule has 0 unspecified atom stereocenters. The Labute approximate surface area is 140 Å². The van der Waals surface area contributed by atoms with Crippen molar-refractivity contribution in [3.63, 3.8) is 0 Å². The highest BCUT2D eigenvalue weighted by molar-refractivity contribution is 7.71. The first-order valence-corrected chi connectivity index (χ1v) is 7.97. The Balaban J connectivity index is 2.01. The molecular weight excluding hydrogens is 306 g/mol. The lowest BCUT2D eigenvalue weighted by atomic mass is 10.2. The number of H-pyrrole nitrogens is 1. The summed E-state index contributed by atoms with van der Waals surface area (Å²) in [4.78, 5) is 0. The van der Waals surface area contributed by atoms with Crippen molar-refractivity contribution in [2.75, 3.05) is 0 Å². The lowest BCUT2D eigenvalue weighted by Gasteiger charge is -2.08. The van der Waals surface area contributed by atoms with Crippen molar-refractivity contribution < 1.29 is 0 Å². The van der Waals surface area contributed by atoms with Crippen molar-refractivity contribution >= 4 is 18.4 Å². The minimum Gasteiger partial charge on any atom is -0.318 e. The van der Waals surface area contributed by atoms with Gasteiger partial charge in [-0.2, -0.15) is 14.9 Å².